The number of piperidine rings is 1. The first-order valence-electron chi connectivity index (χ1n) is 4.59. The van der Waals surface area contributed by atoms with Gasteiger partial charge in [-0.15, -0.1) is 0 Å². The molecule has 0 aromatic carbocycles. The highest BCUT2D eigenvalue weighted by Gasteiger charge is 2.55. The second-order valence-electron chi connectivity index (χ2n) is 4.22. The van der Waals surface area contributed by atoms with Gasteiger partial charge in [-0.05, 0) is 31.6 Å². The minimum Gasteiger partial charge on any atom is -0.396 e. The quantitative estimate of drug-likeness (QED) is 0.630. The van der Waals surface area contributed by atoms with Crippen LogP contribution in [-0.2, 0) is 0 Å². The van der Waals surface area contributed by atoms with Gasteiger partial charge in [-0.1, -0.05) is 0 Å². The highest BCUT2D eigenvalue weighted by Crippen LogP contribution is 2.51. The van der Waals surface area contributed by atoms with E-state index in [0.29, 0.717) is 18.6 Å². The van der Waals surface area contributed by atoms with E-state index >= 15 is 0 Å². The molecule has 0 aromatic heterocycles. The van der Waals surface area contributed by atoms with Gasteiger partial charge in [0.25, 0.3) is 0 Å². The van der Waals surface area contributed by atoms with E-state index in [0.717, 1.165) is 11.8 Å². The van der Waals surface area contributed by atoms with Crippen molar-refractivity contribution < 1.29 is 5.11 Å². The van der Waals surface area contributed by atoms with Gasteiger partial charge < -0.3 is 10.0 Å². The summed E-state index contributed by atoms with van der Waals surface area (Å²) in [6, 6.07) is 0.696. The lowest BCUT2D eigenvalue weighted by molar-refractivity contribution is 0.197. The van der Waals surface area contributed by atoms with Crippen molar-refractivity contribution in [3.05, 3.63) is 0 Å². The normalized spacial score (nSPS) is 43.1. The van der Waals surface area contributed by atoms with Crippen LogP contribution in [0.4, 0.5) is 0 Å². The second kappa shape index (κ2) is 2.46. The maximum absolute atomic E-state index is 8.92. The second-order valence-corrected chi connectivity index (χ2v) is 4.22. The third-order valence-electron chi connectivity index (χ3n) is 3.34. The van der Waals surface area contributed by atoms with Gasteiger partial charge in [0.05, 0.1) is 0 Å². The smallest absolute Gasteiger partial charge is 0.0465 e. The van der Waals surface area contributed by atoms with Gasteiger partial charge in [0.15, 0.2) is 0 Å². The van der Waals surface area contributed by atoms with Crippen molar-refractivity contribution in [2.24, 2.45) is 17.8 Å². The Labute approximate surface area is 68.2 Å². The molecule has 0 spiro atoms. The lowest BCUT2D eigenvalue weighted by Gasteiger charge is -2.22. The highest BCUT2D eigenvalue weighted by atomic mass is 16.3. The first kappa shape index (κ1) is 7.56. The van der Waals surface area contributed by atoms with Crippen LogP contribution in [0.5, 0.6) is 0 Å². The van der Waals surface area contributed by atoms with Crippen molar-refractivity contribution in [2.45, 2.75) is 19.9 Å². The van der Waals surface area contributed by atoms with Crippen LogP contribution < -0.4 is 0 Å². The zero-order chi connectivity index (χ0) is 8.01. The average Bonchev–Trinajstić information content (AvgIpc) is 2.41. The molecule has 1 aliphatic carbocycles. The molecule has 1 aliphatic heterocycles. The summed E-state index contributed by atoms with van der Waals surface area (Å²) >= 11 is 0. The Bertz CT molecular complexity index is 146. The summed E-state index contributed by atoms with van der Waals surface area (Å²) in [5.74, 6) is 2.33. The Hall–Kier alpha value is -0.0800. The summed E-state index contributed by atoms with van der Waals surface area (Å²) in [4.78, 5) is 2.52. The van der Waals surface area contributed by atoms with E-state index in [1.54, 1.807) is 0 Å². The standard InChI is InChI=1S/C9H17NO/c1-6(2)10-3-7-8(4-10)9(7)5-11/h6-9,11H,3-5H2,1-2H3/t7-,8+,9?. The van der Waals surface area contributed by atoms with Gasteiger partial charge in [0, 0.05) is 25.7 Å². The summed E-state index contributed by atoms with van der Waals surface area (Å²) in [6.07, 6.45) is 0. The monoisotopic (exact) mass is 155 g/mol. The van der Waals surface area contributed by atoms with Gasteiger partial charge in [-0.2, -0.15) is 0 Å². The Morgan fingerprint density at radius 1 is 1.36 bits per heavy atom. The molecule has 1 saturated carbocycles. The molecule has 2 heteroatoms. The summed E-state index contributed by atoms with van der Waals surface area (Å²) in [7, 11) is 0. The van der Waals surface area contributed by atoms with Gasteiger partial charge in [0.2, 0.25) is 0 Å². The van der Waals surface area contributed by atoms with Crippen LogP contribution in [0.15, 0.2) is 0 Å². The molecule has 0 bridgehead atoms. The van der Waals surface area contributed by atoms with Crippen LogP contribution in [-0.4, -0.2) is 35.7 Å². The number of hydrogen-bond donors (Lipinski definition) is 1. The van der Waals surface area contributed by atoms with Crippen molar-refractivity contribution >= 4 is 0 Å². The van der Waals surface area contributed by atoms with Gasteiger partial charge in [-0.3, -0.25) is 0 Å². The molecule has 11 heavy (non-hydrogen) atoms. The maximum Gasteiger partial charge on any atom is 0.0465 e. The maximum atomic E-state index is 8.92. The number of aliphatic hydroxyl groups excluding tert-OH is 1. The van der Waals surface area contributed by atoms with E-state index < -0.39 is 0 Å². The Kier molecular flexibility index (Phi) is 1.69. The molecule has 1 heterocycles. The number of rotatable bonds is 2. The lowest BCUT2D eigenvalue weighted by Crippen LogP contribution is -2.31. The van der Waals surface area contributed by atoms with Crippen LogP contribution in [0, 0.1) is 17.8 Å². The molecule has 64 valence electrons. The van der Waals surface area contributed by atoms with Crippen molar-refractivity contribution in [3.63, 3.8) is 0 Å². The van der Waals surface area contributed by atoms with Crippen molar-refractivity contribution in [3.8, 4) is 0 Å². The predicted molar refractivity (Wildman–Crippen MR) is 44.3 cm³/mol. The Morgan fingerprint density at radius 2 is 1.91 bits per heavy atom. The molecule has 2 nitrogen and oxygen atoms in total. The van der Waals surface area contributed by atoms with Crippen molar-refractivity contribution in [2.75, 3.05) is 19.7 Å². The van der Waals surface area contributed by atoms with E-state index in [1.807, 2.05) is 0 Å². The Morgan fingerprint density at radius 3 is 2.27 bits per heavy atom. The first-order chi connectivity index (χ1) is 5.24. The zero-order valence-electron chi connectivity index (χ0n) is 7.33. The van der Waals surface area contributed by atoms with Crippen LogP contribution in [0.2, 0.25) is 0 Å². The Balaban J connectivity index is 1.85. The molecule has 0 radical (unpaired) electrons. The fraction of sp³-hybridized carbons (Fsp3) is 1.00. The summed E-state index contributed by atoms with van der Waals surface area (Å²) in [6.45, 7) is 7.37. The fourth-order valence-electron chi connectivity index (χ4n) is 2.37. The third-order valence-corrected chi connectivity index (χ3v) is 3.34. The molecular formula is C9H17NO. The average molecular weight is 155 g/mol. The van der Waals surface area contributed by atoms with Crippen LogP contribution in [0.3, 0.4) is 0 Å². The fourth-order valence-corrected chi connectivity index (χ4v) is 2.37. The summed E-state index contributed by atoms with van der Waals surface area (Å²) < 4.78 is 0. The molecule has 1 N–H and O–H groups in total. The van der Waals surface area contributed by atoms with Crippen molar-refractivity contribution in [1.82, 2.24) is 4.90 Å². The zero-order valence-corrected chi connectivity index (χ0v) is 7.33. The molecule has 0 amide bonds. The molecule has 3 atom stereocenters. The third kappa shape index (κ3) is 1.09. The van der Waals surface area contributed by atoms with Crippen molar-refractivity contribution in [1.29, 1.82) is 0 Å². The minimum atomic E-state index is 0.418. The van der Waals surface area contributed by atoms with Crippen LogP contribution in [0.1, 0.15) is 13.8 Å². The molecule has 2 rings (SSSR count). The molecule has 1 unspecified atom stereocenters. The van der Waals surface area contributed by atoms with Gasteiger partial charge >= 0.3 is 0 Å². The van der Waals surface area contributed by atoms with E-state index in [-0.39, 0.29) is 0 Å². The lowest BCUT2D eigenvalue weighted by atomic mass is 10.2. The molecule has 2 fully saturated rings. The predicted octanol–water partition coefficient (Wildman–Crippen LogP) is 0.565. The number of nitrogens with zero attached hydrogens (tertiary/aromatic N) is 1. The SMILES string of the molecule is CC(C)N1C[C@@H]2C(CO)[C@@H]2C1. The number of aliphatic hydroxyl groups is 1. The number of hydrogen-bond acceptors (Lipinski definition) is 2. The molecular weight excluding hydrogens is 138 g/mol. The summed E-state index contributed by atoms with van der Waals surface area (Å²) in [5, 5.41) is 8.92. The molecule has 1 saturated heterocycles. The largest absolute Gasteiger partial charge is 0.396 e. The number of likely N-dealkylation sites (tertiary alicyclic amines) is 1. The first-order valence-corrected chi connectivity index (χ1v) is 4.59. The summed E-state index contributed by atoms with van der Waals surface area (Å²) in [5.41, 5.74) is 0. The van der Waals surface area contributed by atoms with Crippen LogP contribution >= 0.6 is 0 Å². The topological polar surface area (TPSA) is 23.5 Å². The van der Waals surface area contributed by atoms with E-state index in [9.17, 15) is 0 Å². The number of fused-ring (bicyclic) bond motifs is 1. The van der Waals surface area contributed by atoms with E-state index in [4.69, 9.17) is 5.11 Å². The highest BCUT2D eigenvalue weighted by molar-refractivity contribution is 5.05. The minimum absolute atomic E-state index is 0.418. The molecule has 0 aromatic rings. The van der Waals surface area contributed by atoms with Gasteiger partial charge in [0.1, 0.15) is 0 Å². The van der Waals surface area contributed by atoms with E-state index in [1.165, 1.54) is 13.1 Å². The molecule has 2 aliphatic rings. The van der Waals surface area contributed by atoms with Gasteiger partial charge in [-0.25, -0.2) is 0 Å². The van der Waals surface area contributed by atoms with Crippen LogP contribution in [0.25, 0.3) is 0 Å². The van der Waals surface area contributed by atoms with E-state index in [2.05, 4.69) is 18.7 Å².